The zero-order chi connectivity index (χ0) is 30.3. The monoisotopic (exact) mass is 579 g/mol. The molecule has 0 saturated carbocycles. The fourth-order valence-corrected chi connectivity index (χ4v) is 6.43. The van der Waals surface area contributed by atoms with E-state index in [1.54, 1.807) is 18.3 Å². The maximum absolute atomic E-state index is 13.6. The number of Topliss-reactive ketones (excluding diaryl/α,β-unsaturated/α-hetero) is 1. The van der Waals surface area contributed by atoms with Crippen molar-refractivity contribution in [1.82, 2.24) is 4.57 Å². The number of benzene rings is 2. The molecule has 1 aliphatic rings. The Morgan fingerprint density at radius 1 is 1.10 bits per heavy atom. The van der Waals surface area contributed by atoms with Crippen molar-refractivity contribution in [2.75, 3.05) is 0 Å². The lowest BCUT2D eigenvalue weighted by Crippen LogP contribution is -2.52. The number of carbonyl (C=O) groups is 3. The smallest absolute Gasteiger partial charge is 0.418 e. The maximum Gasteiger partial charge on any atom is 0.418 e. The van der Waals surface area contributed by atoms with E-state index in [1.807, 2.05) is 65.0 Å². The highest BCUT2D eigenvalue weighted by molar-refractivity contribution is 8.01. The number of cyclic esters (lactones) is 1. The van der Waals surface area contributed by atoms with Crippen LogP contribution in [0.4, 0.5) is 4.79 Å². The predicted molar refractivity (Wildman–Crippen MR) is 162 cm³/mol. The predicted octanol–water partition coefficient (Wildman–Crippen LogP) is 7.43. The Kier molecular flexibility index (Phi) is 8.38. The Labute approximate surface area is 246 Å². The van der Waals surface area contributed by atoms with E-state index in [-0.39, 0.29) is 29.3 Å². The van der Waals surface area contributed by atoms with Crippen LogP contribution in [0.5, 0.6) is 5.75 Å². The van der Waals surface area contributed by atoms with Crippen molar-refractivity contribution in [2.24, 2.45) is 5.92 Å². The summed E-state index contributed by atoms with van der Waals surface area (Å²) in [6, 6.07) is 12.7. The number of hydrogen-bond donors (Lipinski definition) is 1. The molecule has 2 heterocycles. The number of rotatable bonds is 6. The summed E-state index contributed by atoms with van der Waals surface area (Å²) in [5.74, 6) is -0.512. The van der Waals surface area contributed by atoms with Gasteiger partial charge in [0.05, 0.1) is 5.52 Å². The third kappa shape index (κ3) is 6.80. The van der Waals surface area contributed by atoms with E-state index in [2.05, 4.69) is 20.8 Å². The van der Waals surface area contributed by atoms with Crippen molar-refractivity contribution >= 4 is 40.5 Å². The Hall–Kier alpha value is -3.26. The molecule has 4 rings (SSSR count). The molecule has 8 heteroatoms. The molecular weight excluding hydrogens is 538 g/mol. The molecule has 3 aromatic rings. The third-order valence-corrected chi connectivity index (χ3v) is 8.83. The quantitative estimate of drug-likeness (QED) is 0.240. The van der Waals surface area contributed by atoms with Gasteiger partial charge in [0.1, 0.15) is 17.0 Å². The van der Waals surface area contributed by atoms with Crippen LogP contribution in [-0.2, 0) is 30.9 Å². The van der Waals surface area contributed by atoms with E-state index in [1.165, 1.54) is 16.3 Å². The summed E-state index contributed by atoms with van der Waals surface area (Å²) >= 11 is 1.23. The number of nitrogens with zero attached hydrogens (tertiary/aromatic N) is 1. The van der Waals surface area contributed by atoms with Crippen LogP contribution in [0.25, 0.3) is 10.9 Å². The number of phenols is 1. The van der Waals surface area contributed by atoms with Gasteiger partial charge < -0.3 is 14.6 Å². The zero-order valence-electron chi connectivity index (χ0n) is 25.2. The largest absolute Gasteiger partial charge is 0.508 e. The first-order valence-corrected chi connectivity index (χ1v) is 15.0. The molecule has 1 fully saturated rings. The van der Waals surface area contributed by atoms with Crippen LogP contribution in [0.3, 0.4) is 0 Å². The van der Waals surface area contributed by atoms with Gasteiger partial charge in [-0.25, -0.2) is 4.79 Å². The van der Waals surface area contributed by atoms with Crippen molar-refractivity contribution < 1.29 is 29.0 Å². The lowest BCUT2D eigenvalue weighted by Gasteiger charge is -2.41. The molecule has 0 radical (unpaired) electrons. The molecule has 2 aromatic carbocycles. The van der Waals surface area contributed by atoms with Crippen molar-refractivity contribution in [2.45, 2.75) is 101 Å². The Morgan fingerprint density at radius 2 is 1.76 bits per heavy atom. The fourth-order valence-electron chi connectivity index (χ4n) is 5.13. The number of aromatic nitrogens is 1. The van der Waals surface area contributed by atoms with E-state index in [0.29, 0.717) is 18.4 Å². The molecule has 1 aliphatic heterocycles. The highest BCUT2D eigenvalue weighted by Crippen LogP contribution is 2.43. The maximum atomic E-state index is 13.6. The van der Waals surface area contributed by atoms with Crippen molar-refractivity contribution in [3.05, 3.63) is 59.8 Å². The minimum atomic E-state index is -0.970. The van der Waals surface area contributed by atoms with E-state index in [9.17, 15) is 19.5 Å². The molecule has 0 bridgehead atoms. The zero-order valence-corrected chi connectivity index (χ0v) is 26.1. The van der Waals surface area contributed by atoms with Crippen molar-refractivity contribution in [1.29, 1.82) is 0 Å². The van der Waals surface area contributed by atoms with E-state index in [0.717, 1.165) is 21.4 Å². The summed E-state index contributed by atoms with van der Waals surface area (Å²) in [4.78, 5) is 40.8. The summed E-state index contributed by atoms with van der Waals surface area (Å²) in [7, 11) is 0. The number of aromatic hydroxyl groups is 1. The molecule has 2 atom stereocenters. The lowest BCUT2D eigenvalue weighted by atomic mass is 9.78. The average molecular weight is 580 g/mol. The summed E-state index contributed by atoms with van der Waals surface area (Å²) < 4.78 is 13.2. The second-order valence-corrected chi connectivity index (χ2v) is 14.4. The first-order valence-electron chi connectivity index (χ1n) is 14.1. The first-order chi connectivity index (χ1) is 19.0. The molecule has 1 aromatic heterocycles. The lowest BCUT2D eigenvalue weighted by molar-refractivity contribution is -0.176. The Balaban J connectivity index is 1.61. The van der Waals surface area contributed by atoms with Gasteiger partial charge in [-0.15, -0.1) is 11.8 Å². The van der Waals surface area contributed by atoms with Crippen LogP contribution < -0.4 is 0 Å². The van der Waals surface area contributed by atoms with E-state index >= 15 is 0 Å². The number of fused-ring (bicyclic) bond motifs is 1. The van der Waals surface area contributed by atoms with Gasteiger partial charge in [0.15, 0.2) is 11.0 Å². The molecule has 0 aliphatic carbocycles. The molecule has 41 heavy (non-hydrogen) atoms. The number of aryl methyl sites for hydroxylation is 1. The minimum absolute atomic E-state index is 0.0485. The normalized spacial score (nSPS) is 20.0. The molecule has 0 spiro atoms. The molecule has 0 amide bonds. The van der Waals surface area contributed by atoms with Gasteiger partial charge in [0.25, 0.3) is 0 Å². The minimum Gasteiger partial charge on any atom is -0.508 e. The molecule has 1 saturated heterocycles. The SMILES string of the molecule is CC(C)[C@]1(CCc2ccc(O)cc2)CC(=O)C(Sc2cc3ccn(C(=O)OC(C)(C)C)c3cc2C(C)(C)C)C(=O)O1. The first kappa shape index (κ1) is 30.7. The number of carbonyl (C=O) groups excluding carboxylic acids is 3. The van der Waals surface area contributed by atoms with E-state index < -0.39 is 28.5 Å². The molecule has 1 N–H and O–H groups in total. The number of ether oxygens (including phenoxy) is 2. The van der Waals surface area contributed by atoms with Gasteiger partial charge in [-0.3, -0.25) is 14.2 Å². The fraction of sp³-hybridized carbons (Fsp3) is 0.485. The topological polar surface area (TPSA) is 94.8 Å². The summed E-state index contributed by atoms with van der Waals surface area (Å²) in [6.45, 7) is 15.6. The second kappa shape index (κ2) is 11.2. The molecule has 220 valence electrons. The standard InChI is InChI=1S/C33H41NO6S/c1-20(2)33(15-13-21-9-11-23(35)12-10-21)19-26(36)28(29(37)39-33)41-27-17-22-14-16-34(30(38)40-32(6,7)8)25(22)18-24(27)31(3,4)5/h9-12,14,16-18,20,28,35H,13,15,19H2,1-8H3/t28?,33-/m0/s1. The highest BCUT2D eigenvalue weighted by Gasteiger charge is 2.49. The van der Waals surface area contributed by atoms with Gasteiger partial charge in [-0.1, -0.05) is 46.8 Å². The summed E-state index contributed by atoms with van der Waals surface area (Å²) in [5.41, 5.74) is 0.792. The van der Waals surface area contributed by atoms with Crippen LogP contribution in [0.15, 0.2) is 53.6 Å². The van der Waals surface area contributed by atoms with Gasteiger partial charge >= 0.3 is 12.1 Å². The summed E-state index contributed by atoms with van der Waals surface area (Å²) in [5, 5.41) is 9.43. The number of esters is 1. The highest BCUT2D eigenvalue weighted by atomic mass is 32.2. The third-order valence-electron chi connectivity index (χ3n) is 7.54. The van der Waals surface area contributed by atoms with Crippen LogP contribution in [0.1, 0.15) is 79.4 Å². The van der Waals surface area contributed by atoms with Crippen LogP contribution >= 0.6 is 11.8 Å². The number of hydrogen-bond acceptors (Lipinski definition) is 7. The van der Waals surface area contributed by atoms with E-state index in [4.69, 9.17) is 9.47 Å². The molecular formula is C33H41NO6S. The van der Waals surface area contributed by atoms with Gasteiger partial charge in [0, 0.05) is 22.9 Å². The van der Waals surface area contributed by atoms with Crippen LogP contribution in [0, 0.1) is 5.92 Å². The van der Waals surface area contributed by atoms with Crippen molar-refractivity contribution in [3.63, 3.8) is 0 Å². The van der Waals surface area contributed by atoms with Gasteiger partial charge in [0.2, 0.25) is 0 Å². The molecule has 7 nitrogen and oxygen atoms in total. The second-order valence-electron chi connectivity index (χ2n) is 13.3. The van der Waals surface area contributed by atoms with Gasteiger partial charge in [-0.2, -0.15) is 0 Å². The average Bonchev–Trinajstić information content (AvgIpc) is 3.27. The summed E-state index contributed by atoms with van der Waals surface area (Å²) in [6.07, 6.45) is 2.51. The number of thioether (sulfide) groups is 1. The van der Waals surface area contributed by atoms with Crippen LogP contribution in [0.2, 0.25) is 0 Å². The molecule has 1 unspecified atom stereocenters. The van der Waals surface area contributed by atoms with Crippen LogP contribution in [-0.4, -0.2) is 44.0 Å². The van der Waals surface area contributed by atoms with Gasteiger partial charge in [-0.05, 0) is 86.4 Å². The number of ketones is 1. The van der Waals surface area contributed by atoms with Crippen molar-refractivity contribution in [3.8, 4) is 5.75 Å². The Morgan fingerprint density at radius 3 is 2.32 bits per heavy atom. The number of phenolic OH excluding ortho intramolecular Hbond substituents is 1. The Bertz CT molecular complexity index is 1440.